The van der Waals surface area contributed by atoms with Crippen LogP contribution in [0.4, 0.5) is 0 Å². The van der Waals surface area contributed by atoms with E-state index in [1.54, 1.807) is 36.6 Å². The monoisotopic (exact) mass is 428 g/mol. The summed E-state index contributed by atoms with van der Waals surface area (Å²) in [5.74, 6) is 0.0859. The van der Waals surface area contributed by atoms with Crippen LogP contribution < -0.4 is 5.32 Å². The maximum Gasteiger partial charge on any atom is 0.367 e. The van der Waals surface area contributed by atoms with Crippen molar-refractivity contribution in [2.45, 2.75) is 46.6 Å². The first kappa shape index (κ1) is 20.7. The number of benzene rings is 1. The van der Waals surface area contributed by atoms with E-state index in [0.29, 0.717) is 23.7 Å². The lowest BCUT2D eigenvalue weighted by Gasteiger charge is -2.39. The van der Waals surface area contributed by atoms with Gasteiger partial charge in [-0.3, -0.25) is 4.79 Å². The van der Waals surface area contributed by atoms with Crippen LogP contribution in [0, 0.1) is 16.2 Å². The lowest BCUT2D eigenvalue weighted by Crippen LogP contribution is -2.46. The number of amides is 1. The van der Waals surface area contributed by atoms with E-state index in [0.717, 1.165) is 18.6 Å². The highest BCUT2D eigenvalue weighted by molar-refractivity contribution is 6.33. The SMILES string of the molecule is CC12CCC(C(=O)NCc3ccco3)(CC1=NOC(=O)c1ccccc1Cl)C2(C)C. The Labute approximate surface area is 180 Å². The van der Waals surface area contributed by atoms with Gasteiger partial charge in [-0.2, -0.15) is 0 Å². The topological polar surface area (TPSA) is 80.9 Å². The fourth-order valence-electron chi connectivity index (χ4n) is 5.04. The van der Waals surface area contributed by atoms with Gasteiger partial charge < -0.3 is 14.6 Å². The molecule has 2 aliphatic rings. The highest BCUT2D eigenvalue weighted by Gasteiger charge is 2.71. The zero-order valence-corrected chi connectivity index (χ0v) is 18.1. The van der Waals surface area contributed by atoms with Gasteiger partial charge in [-0.25, -0.2) is 4.79 Å². The molecule has 30 heavy (non-hydrogen) atoms. The number of nitrogens with zero attached hydrogens (tertiary/aromatic N) is 1. The van der Waals surface area contributed by atoms with E-state index in [1.165, 1.54) is 0 Å². The third kappa shape index (κ3) is 2.97. The van der Waals surface area contributed by atoms with Crippen LogP contribution in [0.2, 0.25) is 5.02 Å². The van der Waals surface area contributed by atoms with Crippen LogP contribution in [0.1, 0.15) is 56.2 Å². The van der Waals surface area contributed by atoms with Gasteiger partial charge in [0.2, 0.25) is 5.91 Å². The van der Waals surface area contributed by atoms with E-state index >= 15 is 0 Å². The van der Waals surface area contributed by atoms with Gasteiger partial charge in [0, 0.05) is 11.8 Å². The molecule has 1 aromatic carbocycles. The lowest BCUT2D eigenvalue weighted by molar-refractivity contribution is -0.136. The zero-order chi connectivity index (χ0) is 21.6. The van der Waals surface area contributed by atoms with Gasteiger partial charge in [0.15, 0.2) is 0 Å². The van der Waals surface area contributed by atoms with Crippen molar-refractivity contribution in [3.8, 4) is 0 Å². The third-order valence-electron chi connectivity index (χ3n) is 7.50. The second-order valence-electron chi connectivity index (χ2n) is 8.87. The molecule has 0 saturated heterocycles. The molecule has 7 heteroatoms. The van der Waals surface area contributed by atoms with Gasteiger partial charge in [-0.15, -0.1) is 0 Å². The predicted octanol–water partition coefficient (Wildman–Crippen LogP) is 4.98. The molecule has 0 aliphatic heterocycles. The zero-order valence-electron chi connectivity index (χ0n) is 17.3. The summed E-state index contributed by atoms with van der Waals surface area (Å²) in [6.45, 7) is 6.65. The fourth-order valence-corrected chi connectivity index (χ4v) is 5.26. The minimum atomic E-state index is -0.607. The summed E-state index contributed by atoms with van der Waals surface area (Å²) in [7, 11) is 0. The second kappa shape index (κ2) is 7.27. The maximum atomic E-state index is 13.3. The van der Waals surface area contributed by atoms with E-state index < -0.39 is 11.4 Å². The van der Waals surface area contributed by atoms with Crippen molar-refractivity contribution in [2.24, 2.45) is 21.4 Å². The Hall–Kier alpha value is -2.60. The molecule has 1 amide bonds. The largest absolute Gasteiger partial charge is 0.467 e. The Balaban J connectivity index is 1.55. The summed E-state index contributed by atoms with van der Waals surface area (Å²) < 4.78 is 5.33. The van der Waals surface area contributed by atoms with Crippen LogP contribution in [0.5, 0.6) is 0 Å². The molecule has 2 atom stereocenters. The fraction of sp³-hybridized carbons (Fsp3) is 0.435. The Bertz CT molecular complexity index is 1010. The van der Waals surface area contributed by atoms with Crippen LogP contribution in [0.3, 0.4) is 0 Å². The number of carbonyl (C=O) groups excluding carboxylic acids is 2. The number of carbonyl (C=O) groups is 2. The van der Waals surface area contributed by atoms with Gasteiger partial charge in [-0.05, 0) is 42.5 Å². The molecular formula is C23H25ClN2O4. The molecule has 4 rings (SSSR count). The number of nitrogens with one attached hydrogen (secondary N) is 1. The van der Waals surface area contributed by atoms with Crippen molar-refractivity contribution in [2.75, 3.05) is 0 Å². The van der Waals surface area contributed by atoms with Crippen LogP contribution >= 0.6 is 11.6 Å². The number of hydrogen-bond acceptors (Lipinski definition) is 5. The summed E-state index contributed by atoms with van der Waals surface area (Å²) in [4.78, 5) is 31.0. The normalized spacial score (nSPS) is 27.9. The highest BCUT2D eigenvalue weighted by Crippen LogP contribution is 2.71. The number of oxime groups is 1. The van der Waals surface area contributed by atoms with Crippen molar-refractivity contribution in [1.29, 1.82) is 0 Å². The summed E-state index contributed by atoms with van der Waals surface area (Å²) >= 11 is 6.08. The Morgan fingerprint density at radius 3 is 2.63 bits per heavy atom. The highest BCUT2D eigenvalue weighted by atomic mass is 35.5. The first-order valence-electron chi connectivity index (χ1n) is 10.1. The van der Waals surface area contributed by atoms with Crippen molar-refractivity contribution in [3.63, 3.8) is 0 Å². The van der Waals surface area contributed by atoms with Crippen LogP contribution in [0.15, 0.2) is 52.2 Å². The molecule has 158 valence electrons. The third-order valence-corrected chi connectivity index (χ3v) is 7.83. The van der Waals surface area contributed by atoms with Crippen LogP contribution in [-0.2, 0) is 16.2 Å². The van der Waals surface area contributed by atoms with Gasteiger partial charge in [-0.1, -0.05) is 49.7 Å². The first-order valence-corrected chi connectivity index (χ1v) is 10.4. The summed E-state index contributed by atoms with van der Waals surface area (Å²) in [6, 6.07) is 10.3. The minimum absolute atomic E-state index is 0.0183. The number of rotatable bonds is 5. The standard InChI is InChI=1S/C23H25ClN2O4/c1-21(2)22(3)10-11-23(21,20(28)25-14-15-7-6-12-29-15)13-18(22)26-30-19(27)16-8-4-5-9-17(16)24/h4-9,12H,10-11,13-14H2,1-3H3,(H,25,28). The van der Waals surface area contributed by atoms with Gasteiger partial charge >= 0.3 is 5.97 Å². The second-order valence-corrected chi connectivity index (χ2v) is 9.28. The van der Waals surface area contributed by atoms with E-state index in [9.17, 15) is 9.59 Å². The molecular weight excluding hydrogens is 404 g/mol. The number of fused-ring (bicyclic) bond motifs is 2. The number of furan rings is 1. The lowest BCUT2D eigenvalue weighted by atomic mass is 9.64. The molecule has 2 aliphatic carbocycles. The van der Waals surface area contributed by atoms with Crippen molar-refractivity contribution >= 4 is 29.2 Å². The minimum Gasteiger partial charge on any atom is -0.467 e. The first-order chi connectivity index (χ1) is 14.2. The molecule has 0 spiro atoms. The van der Waals surface area contributed by atoms with E-state index in [1.807, 2.05) is 6.07 Å². The molecule has 0 radical (unpaired) electrons. The summed E-state index contributed by atoms with van der Waals surface area (Å²) in [5, 5.41) is 7.58. The molecule has 1 N–H and O–H groups in total. The average Bonchev–Trinajstić information content (AvgIpc) is 3.35. The quantitative estimate of drug-likeness (QED) is 0.538. The molecule has 2 saturated carbocycles. The van der Waals surface area contributed by atoms with Gasteiger partial charge in [0.05, 0.1) is 34.5 Å². The Morgan fingerprint density at radius 2 is 1.93 bits per heavy atom. The summed E-state index contributed by atoms with van der Waals surface area (Å²) in [6.07, 6.45) is 3.61. The molecule has 1 heterocycles. The average molecular weight is 429 g/mol. The molecule has 2 unspecified atom stereocenters. The van der Waals surface area contributed by atoms with Crippen molar-refractivity contribution < 1.29 is 18.8 Å². The number of hydrogen-bond donors (Lipinski definition) is 1. The van der Waals surface area contributed by atoms with E-state index in [-0.39, 0.29) is 22.3 Å². The molecule has 2 fully saturated rings. The summed E-state index contributed by atoms with van der Waals surface area (Å²) in [5.41, 5.74) is -0.280. The van der Waals surface area contributed by atoms with Gasteiger partial charge in [0.1, 0.15) is 5.76 Å². The van der Waals surface area contributed by atoms with E-state index in [4.69, 9.17) is 20.9 Å². The van der Waals surface area contributed by atoms with Gasteiger partial charge in [0.25, 0.3) is 0 Å². The van der Waals surface area contributed by atoms with Crippen LogP contribution in [0.25, 0.3) is 0 Å². The van der Waals surface area contributed by atoms with Crippen LogP contribution in [-0.4, -0.2) is 17.6 Å². The molecule has 6 nitrogen and oxygen atoms in total. The maximum absolute atomic E-state index is 13.3. The van der Waals surface area contributed by atoms with E-state index in [2.05, 4.69) is 31.2 Å². The smallest absolute Gasteiger partial charge is 0.367 e. The van der Waals surface area contributed by atoms with Crippen molar-refractivity contribution in [1.82, 2.24) is 5.32 Å². The number of halogens is 1. The molecule has 1 aromatic heterocycles. The Kier molecular flexibility index (Phi) is 5.01. The molecule has 2 aromatic rings. The molecule has 2 bridgehead atoms. The predicted molar refractivity (Wildman–Crippen MR) is 113 cm³/mol. The van der Waals surface area contributed by atoms with Crippen molar-refractivity contribution in [3.05, 3.63) is 59.0 Å². The Morgan fingerprint density at radius 1 is 1.17 bits per heavy atom.